The van der Waals surface area contributed by atoms with E-state index in [1.807, 2.05) is 56.0 Å². The lowest BCUT2D eigenvalue weighted by atomic mass is 9.96. The number of hydrogen-bond acceptors (Lipinski definition) is 5. The summed E-state index contributed by atoms with van der Waals surface area (Å²) in [5.41, 5.74) is 0.989. The summed E-state index contributed by atoms with van der Waals surface area (Å²) in [7, 11) is 0. The van der Waals surface area contributed by atoms with Crippen LogP contribution in [0.2, 0.25) is 0 Å². The Morgan fingerprint density at radius 2 is 2.04 bits per heavy atom. The van der Waals surface area contributed by atoms with Crippen LogP contribution < -0.4 is 0 Å². The summed E-state index contributed by atoms with van der Waals surface area (Å²) in [6.07, 6.45) is 1.77. The summed E-state index contributed by atoms with van der Waals surface area (Å²) >= 11 is 0. The number of ether oxygens (including phenoxy) is 1. The Balaban J connectivity index is 1.48. The minimum Gasteiger partial charge on any atom is -0.370 e. The number of aromatic nitrogens is 2. The van der Waals surface area contributed by atoms with Gasteiger partial charge in [-0.25, -0.2) is 0 Å². The minimum atomic E-state index is -0.127. The molecule has 0 unspecified atom stereocenters. The third-order valence-corrected chi connectivity index (χ3v) is 4.51. The first kappa shape index (κ1) is 18.6. The van der Waals surface area contributed by atoms with Gasteiger partial charge in [-0.05, 0) is 12.0 Å². The molecule has 0 saturated carbocycles. The molecule has 1 amide bonds. The number of hydrogen-bond donors (Lipinski definition) is 0. The van der Waals surface area contributed by atoms with Crippen molar-refractivity contribution in [2.24, 2.45) is 0 Å². The molecule has 140 valence electrons. The van der Waals surface area contributed by atoms with Crippen molar-refractivity contribution in [3.05, 3.63) is 47.6 Å². The third kappa shape index (κ3) is 4.69. The fourth-order valence-corrected chi connectivity index (χ4v) is 2.96. The molecule has 6 nitrogen and oxygen atoms in total. The van der Waals surface area contributed by atoms with Gasteiger partial charge in [0.1, 0.15) is 6.10 Å². The Labute approximate surface area is 154 Å². The number of rotatable bonds is 5. The fraction of sp³-hybridized carbons (Fsp3) is 0.550. The highest BCUT2D eigenvalue weighted by Crippen LogP contribution is 2.23. The Bertz CT molecular complexity index is 721. The maximum Gasteiger partial charge on any atom is 0.226 e. The van der Waals surface area contributed by atoms with Crippen molar-refractivity contribution in [3.8, 4) is 0 Å². The van der Waals surface area contributed by atoms with E-state index in [0.29, 0.717) is 50.7 Å². The van der Waals surface area contributed by atoms with Crippen molar-refractivity contribution in [2.45, 2.75) is 51.6 Å². The molecule has 0 aliphatic carbocycles. The van der Waals surface area contributed by atoms with Gasteiger partial charge >= 0.3 is 0 Å². The first-order valence-electron chi connectivity index (χ1n) is 9.21. The van der Waals surface area contributed by atoms with Crippen LogP contribution in [0.1, 0.15) is 57.0 Å². The highest BCUT2D eigenvalue weighted by atomic mass is 16.5. The molecule has 0 radical (unpaired) electrons. The molecule has 1 aliphatic rings. The molecule has 1 aliphatic heterocycles. The summed E-state index contributed by atoms with van der Waals surface area (Å²) in [6, 6.07) is 10.1. The number of amides is 1. The highest BCUT2D eigenvalue weighted by Gasteiger charge is 2.25. The van der Waals surface area contributed by atoms with E-state index in [2.05, 4.69) is 10.1 Å². The predicted octanol–water partition coefficient (Wildman–Crippen LogP) is 3.29. The molecule has 0 bridgehead atoms. The lowest BCUT2D eigenvalue weighted by Gasteiger charge is -2.33. The van der Waals surface area contributed by atoms with E-state index in [1.165, 1.54) is 0 Å². The normalized spacial score (nSPS) is 18.1. The van der Waals surface area contributed by atoms with Gasteiger partial charge in [-0.15, -0.1) is 0 Å². The van der Waals surface area contributed by atoms with Crippen molar-refractivity contribution < 1.29 is 14.1 Å². The van der Waals surface area contributed by atoms with Gasteiger partial charge in [0.05, 0.1) is 13.2 Å². The van der Waals surface area contributed by atoms with Gasteiger partial charge in [0.25, 0.3) is 0 Å². The van der Waals surface area contributed by atoms with Crippen LogP contribution >= 0.6 is 0 Å². The van der Waals surface area contributed by atoms with E-state index in [4.69, 9.17) is 9.26 Å². The van der Waals surface area contributed by atoms with Gasteiger partial charge < -0.3 is 14.2 Å². The van der Waals surface area contributed by atoms with Crippen LogP contribution in [0.4, 0.5) is 0 Å². The summed E-state index contributed by atoms with van der Waals surface area (Å²) in [6.45, 7) is 7.98. The first-order valence-corrected chi connectivity index (χ1v) is 9.21. The van der Waals surface area contributed by atoms with Gasteiger partial charge in [0.15, 0.2) is 5.82 Å². The van der Waals surface area contributed by atoms with Crippen LogP contribution in [-0.2, 0) is 21.4 Å². The second-order valence-electron chi connectivity index (χ2n) is 7.73. The molecule has 3 rings (SSSR count). The number of benzene rings is 1. The van der Waals surface area contributed by atoms with E-state index in [9.17, 15) is 4.79 Å². The molecule has 1 aromatic carbocycles. The second kappa shape index (κ2) is 7.99. The molecule has 2 aromatic rings. The molecular weight excluding hydrogens is 330 g/mol. The van der Waals surface area contributed by atoms with Crippen molar-refractivity contribution >= 4 is 5.91 Å². The fourth-order valence-electron chi connectivity index (χ4n) is 2.96. The average molecular weight is 357 g/mol. The van der Waals surface area contributed by atoms with Crippen LogP contribution in [-0.4, -0.2) is 40.6 Å². The van der Waals surface area contributed by atoms with E-state index < -0.39 is 0 Å². The van der Waals surface area contributed by atoms with Gasteiger partial charge in [0, 0.05) is 24.8 Å². The Kier molecular flexibility index (Phi) is 5.71. The van der Waals surface area contributed by atoms with Gasteiger partial charge in [-0.2, -0.15) is 4.98 Å². The lowest BCUT2D eigenvalue weighted by Crippen LogP contribution is -2.42. The molecule has 6 heteroatoms. The second-order valence-corrected chi connectivity index (χ2v) is 7.73. The largest absolute Gasteiger partial charge is 0.370 e. The maximum absolute atomic E-state index is 12.5. The first-order chi connectivity index (χ1) is 12.4. The van der Waals surface area contributed by atoms with Gasteiger partial charge in [-0.1, -0.05) is 56.3 Å². The molecule has 0 N–H and O–H groups in total. The number of carbonyl (C=O) groups excluding carboxylic acids is 1. The van der Waals surface area contributed by atoms with E-state index >= 15 is 0 Å². The van der Waals surface area contributed by atoms with Crippen LogP contribution in [0.3, 0.4) is 0 Å². The Morgan fingerprint density at radius 1 is 1.27 bits per heavy atom. The molecule has 1 atom stereocenters. The molecular formula is C20H27N3O3. The van der Waals surface area contributed by atoms with Crippen LogP contribution in [0.5, 0.6) is 0 Å². The summed E-state index contributed by atoms with van der Waals surface area (Å²) in [5.74, 6) is 1.47. The number of carbonyl (C=O) groups is 1. The quantitative estimate of drug-likeness (QED) is 0.821. The maximum atomic E-state index is 12.5. The SMILES string of the molecule is CC(C)(C)c1noc(CCCC(=O)N2CCO[C@@H](c3ccccc3)C2)n1. The highest BCUT2D eigenvalue weighted by molar-refractivity contribution is 5.76. The van der Waals surface area contributed by atoms with Crippen LogP contribution in [0, 0.1) is 0 Å². The van der Waals surface area contributed by atoms with Gasteiger partial charge in [-0.3, -0.25) is 4.79 Å². The van der Waals surface area contributed by atoms with E-state index in [0.717, 1.165) is 5.56 Å². The van der Waals surface area contributed by atoms with E-state index in [1.54, 1.807) is 0 Å². The molecule has 1 fully saturated rings. The zero-order valence-electron chi connectivity index (χ0n) is 15.8. The molecule has 0 spiro atoms. The van der Waals surface area contributed by atoms with Crippen LogP contribution in [0.15, 0.2) is 34.9 Å². The Morgan fingerprint density at radius 3 is 2.73 bits per heavy atom. The van der Waals surface area contributed by atoms with Gasteiger partial charge in [0.2, 0.25) is 11.8 Å². The van der Waals surface area contributed by atoms with E-state index in [-0.39, 0.29) is 17.4 Å². The summed E-state index contributed by atoms with van der Waals surface area (Å²) in [5, 5.41) is 4.02. The van der Waals surface area contributed by atoms with Crippen LogP contribution in [0.25, 0.3) is 0 Å². The summed E-state index contributed by atoms with van der Waals surface area (Å²) in [4.78, 5) is 18.9. The predicted molar refractivity (Wildman–Crippen MR) is 97.7 cm³/mol. The zero-order chi connectivity index (χ0) is 18.6. The monoisotopic (exact) mass is 357 g/mol. The number of morpholine rings is 1. The topological polar surface area (TPSA) is 68.5 Å². The molecule has 2 heterocycles. The Hall–Kier alpha value is -2.21. The zero-order valence-corrected chi connectivity index (χ0v) is 15.8. The number of nitrogens with zero attached hydrogens (tertiary/aromatic N) is 3. The number of aryl methyl sites for hydroxylation is 1. The lowest BCUT2D eigenvalue weighted by molar-refractivity contribution is -0.139. The van der Waals surface area contributed by atoms with Crippen molar-refractivity contribution in [2.75, 3.05) is 19.7 Å². The molecule has 26 heavy (non-hydrogen) atoms. The summed E-state index contributed by atoms with van der Waals surface area (Å²) < 4.78 is 11.1. The average Bonchev–Trinajstić information content (AvgIpc) is 3.12. The molecule has 1 aromatic heterocycles. The third-order valence-electron chi connectivity index (χ3n) is 4.51. The minimum absolute atomic E-state index is 0.0424. The van der Waals surface area contributed by atoms with Crippen molar-refractivity contribution in [1.82, 2.24) is 15.0 Å². The molecule has 1 saturated heterocycles. The smallest absolute Gasteiger partial charge is 0.226 e. The van der Waals surface area contributed by atoms with Crippen molar-refractivity contribution in [1.29, 1.82) is 0 Å². The standard InChI is InChI=1S/C20H27N3O3/c1-20(2,3)19-21-17(26-22-19)10-7-11-18(24)23-12-13-25-16(14-23)15-8-5-4-6-9-15/h4-6,8-9,16H,7,10-14H2,1-3H3/t16-/m1/s1. The van der Waals surface area contributed by atoms with Crippen molar-refractivity contribution in [3.63, 3.8) is 0 Å².